The molecule has 0 spiro atoms. The predicted molar refractivity (Wildman–Crippen MR) is 66.1 cm³/mol. The van der Waals surface area contributed by atoms with Crippen molar-refractivity contribution in [2.75, 3.05) is 5.43 Å². The van der Waals surface area contributed by atoms with Crippen LogP contribution in [0, 0.1) is 0 Å². The van der Waals surface area contributed by atoms with E-state index >= 15 is 0 Å². The highest BCUT2D eigenvalue weighted by Gasteiger charge is 2.21. The highest BCUT2D eigenvalue weighted by molar-refractivity contribution is 5.94. The number of ether oxygens (including phenoxy) is 1. The zero-order chi connectivity index (χ0) is 13.2. The van der Waals surface area contributed by atoms with Gasteiger partial charge in [-0.1, -0.05) is 6.07 Å². The monoisotopic (exact) mass is 258 g/mol. The maximum atomic E-state index is 11.3. The van der Waals surface area contributed by atoms with E-state index in [2.05, 4.69) is 10.9 Å². The van der Waals surface area contributed by atoms with Gasteiger partial charge in [0.15, 0.2) is 0 Å². The van der Waals surface area contributed by atoms with Gasteiger partial charge in [-0.2, -0.15) is 0 Å². The van der Waals surface area contributed by atoms with Crippen LogP contribution in [0.15, 0.2) is 34.7 Å². The molecule has 6 heteroatoms. The molecule has 0 saturated carbocycles. The van der Waals surface area contributed by atoms with Crippen LogP contribution in [-0.2, 0) is 16.1 Å². The van der Waals surface area contributed by atoms with Crippen LogP contribution in [0.3, 0.4) is 0 Å². The summed E-state index contributed by atoms with van der Waals surface area (Å²) in [6.07, 6.45) is 0.514. The SMILES string of the molecule is O=CNNc1ccc(-c2ccc3c(c2)COC3=O)o1. The normalized spacial score (nSPS) is 12.7. The lowest BCUT2D eigenvalue weighted by molar-refractivity contribution is -0.109. The molecule has 0 saturated heterocycles. The molecule has 2 N–H and O–H groups in total. The third kappa shape index (κ3) is 2.03. The number of furan rings is 1. The fraction of sp³-hybridized carbons (Fsp3) is 0.0769. The van der Waals surface area contributed by atoms with Crippen LogP contribution in [0.1, 0.15) is 15.9 Å². The maximum absolute atomic E-state index is 11.3. The molecule has 1 aromatic carbocycles. The van der Waals surface area contributed by atoms with Crippen molar-refractivity contribution in [1.82, 2.24) is 5.43 Å². The number of hydrogen-bond donors (Lipinski definition) is 2. The number of hydrazine groups is 1. The summed E-state index contributed by atoms with van der Waals surface area (Å²) in [5.41, 5.74) is 7.15. The number of fused-ring (bicyclic) bond motifs is 1. The molecule has 2 heterocycles. The zero-order valence-corrected chi connectivity index (χ0v) is 9.80. The van der Waals surface area contributed by atoms with Crippen molar-refractivity contribution in [1.29, 1.82) is 0 Å². The van der Waals surface area contributed by atoms with E-state index < -0.39 is 0 Å². The Labute approximate surface area is 108 Å². The van der Waals surface area contributed by atoms with Crippen molar-refractivity contribution in [3.05, 3.63) is 41.5 Å². The van der Waals surface area contributed by atoms with Gasteiger partial charge in [0, 0.05) is 17.2 Å². The van der Waals surface area contributed by atoms with Crippen molar-refractivity contribution < 1.29 is 18.7 Å². The molecular formula is C13H10N2O4. The summed E-state index contributed by atoms with van der Waals surface area (Å²) >= 11 is 0. The van der Waals surface area contributed by atoms with Gasteiger partial charge < -0.3 is 9.15 Å². The first-order valence-electron chi connectivity index (χ1n) is 5.63. The van der Waals surface area contributed by atoms with Crippen LogP contribution in [0.2, 0.25) is 0 Å². The van der Waals surface area contributed by atoms with Crippen LogP contribution in [0.5, 0.6) is 0 Å². The lowest BCUT2D eigenvalue weighted by Gasteiger charge is -2.01. The van der Waals surface area contributed by atoms with Crippen LogP contribution in [0.4, 0.5) is 5.88 Å². The number of rotatable bonds is 4. The second-order valence-electron chi connectivity index (χ2n) is 4.00. The molecule has 0 fully saturated rings. The molecule has 19 heavy (non-hydrogen) atoms. The smallest absolute Gasteiger partial charge is 0.338 e. The van der Waals surface area contributed by atoms with E-state index in [1.165, 1.54) is 0 Å². The Morgan fingerprint density at radius 1 is 1.21 bits per heavy atom. The number of carbonyl (C=O) groups is 2. The Morgan fingerprint density at radius 3 is 2.95 bits per heavy atom. The van der Waals surface area contributed by atoms with Gasteiger partial charge in [-0.3, -0.25) is 15.6 Å². The average molecular weight is 258 g/mol. The standard InChI is InChI=1S/C13H10N2O4/c16-7-14-15-12-4-3-11(19-12)8-1-2-10-9(5-8)6-18-13(10)17/h1-5,7,15H,6H2,(H,14,16). The quantitative estimate of drug-likeness (QED) is 0.495. The molecule has 1 amide bonds. The molecule has 0 radical (unpaired) electrons. The minimum absolute atomic E-state index is 0.292. The van der Waals surface area contributed by atoms with Crippen LogP contribution >= 0.6 is 0 Å². The van der Waals surface area contributed by atoms with Crippen LogP contribution in [0.25, 0.3) is 11.3 Å². The van der Waals surface area contributed by atoms with Gasteiger partial charge in [0.1, 0.15) is 12.4 Å². The Morgan fingerprint density at radius 2 is 2.11 bits per heavy atom. The van der Waals surface area contributed by atoms with E-state index in [0.29, 0.717) is 30.2 Å². The number of anilines is 1. The Bertz CT molecular complexity index is 648. The number of cyclic esters (lactones) is 1. The summed E-state index contributed by atoms with van der Waals surface area (Å²) in [6, 6.07) is 8.84. The third-order valence-electron chi connectivity index (χ3n) is 2.83. The first kappa shape index (κ1) is 11.3. The molecule has 96 valence electrons. The Balaban J connectivity index is 1.88. The third-order valence-corrected chi connectivity index (χ3v) is 2.83. The van der Waals surface area contributed by atoms with Crippen molar-refractivity contribution >= 4 is 18.3 Å². The molecule has 6 nitrogen and oxygen atoms in total. The summed E-state index contributed by atoms with van der Waals surface area (Å²) in [7, 11) is 0. The van der Waals surface area contributed by atoms with E-state index in [-0.39, 0.29) is 5.97 Å². The highest BCUT2D eigenvalue weighted by atomic mass is 16.5. The van der Waals surface area contributed by atoms with Gasteiger partial charge in [-0.15, -0.1) is 0 Å². The molecule has 0 atom stereocenters. The van der Waals surface area contributed by atoms with Crippen molar-refractivity contribution in [3.8, 4) is 11.3 Å². The highest BCUT2D eigenvalue weighted by Crippen LogP contribution is 2.29. The molecule has 1 aliphatic rings. The van der Waals surface area contributed by atoms with Crippen molar-refractivity contribution in [3.63, 3.8) is 0 Å². The second-order valence-corrected chi connectivity index (χ2v) is 4.00. The van der Waals surface area contributed by atoms with Gasteiger partial charge in [0.25, 0.3) is 0 Å². The minimum Gasteiger partial charge on any atom is -0.457 e. The van der Waals surface area contributed by atoms with Crippen LogP contribution < -0.4 is 10.9 Å². The molecule has 1 aliphatic heterocycles. The Kier molecular flexibility index (Phi) is 2.68. The van der Waals surface area contributed by atoms with Gasteiger partial charge in [0.2, 0.25) is 12.3 Å². The van der Waals surface area contributed by atoms with E-state index in [1.54, 1.807) is 24.3 Å². The van der Waals surface area contributed by atoms with Crippen molar-refractivity contribution in [2.45, 2.75) is 6.61 Å². The van der Waals surface area contributed by atoms with E-state index in [4.69, 9.17) is 9.15 Å². The fourth-order valence-corrected chi connectivity index (χ4v) is 1.95. The number of hydrogen-bond acceptors (Lipinski definition) is 5. The van der Waals surface area contributed by atoms with E-state index in [1.807, 2.05) is 6.07 Å². The number of amides is 1. The second kappa shape index (κ2) is 4.49. The summed E-state index contributed by atoms with van der Waals surface area (Å²) in [5.74, 6) is 0.769. The Hall–Kier alpha value is -2.76. The van der Waals surface area contributed by atoms with Gasteiger partial charge in [0.05, 0.1) is 5.56 Å². The topological polar surface area (TPSA) is 80.6 Å². The van der Waals surface area contributed by atoms with Gasteiger partial charge >= 0.3 is 5.97 Å². The first-order valence-corrected chi connectivity index (χ1v) is 5.63. The number of benzene rings is 1. The largest absolute Gasteiger partial charge is 0.457 e. The molecule has 1 aromatic heterocycles. The molecule has 0 bridgehead atoms. The molecule has 3 rings (SSSR count). The molecule has 0 aliphatic carbocycles. The minimum atomic E-state index is -0.293. The van der Waals surface area contributed by atoms with E-state index in [0.717, 1.165) is 11.1 Å². The van der Waals surface area contributed by atoms with Gasteiger partial charge in [-0.05, 0) is 18.2 Å². The maximum Gasteiger partial charge on any atom is 0.338 e. The summed E-state index contributed by atoms with van der Waals surface area (Å²) in [4.78, 5) is 21.5. The average Bonchev–Trinajstić information content (AvgIpc) is 3.04. The molecular weight excluding hydrogens is 248 g/mol. The first-order chi connectivity index (χ1) is 9.28. The number of nitrogens with one attached hydrogen (secondary N) is 2. The molecule has 0 unspecified atom stereocenters. The van der Waals surface area contributed by atoms with E-state index in [9.17, 15) is 9.59 Å². The van der Waals surface area contributed by atoms with Crippen molar-refractivity contribution in [2.24, 2.45) is 0 Å². The summed E-state index contributed by atoms with van der Waals surface area (Å²) < 4.78 is 10.4. The summed E-state index contributed by atoms with van der Waals surface area (Å²) in [5, 5.41) is 0. The zero-order valence-electron chi connectivity index (χ0n) is 9.80. The fourth-order valence-electron chi connectivity index (χ4n) is 1.95. The summed E-state index contributed by atoms with van der Waals surface area (Å²) in [6.45, 7) is 0.292. The lowest BCUT2D eigenvalue weighted by Crippen LogP contribution is -2.18. The van der Waals surface area contributed by atoms with Crippen LogP contribution in [-0.4, -0.2) is 12.4 Å². The predicted octanol–water partition coefficient (Wildman–Crippen LogP) is 1.69. The number of carbonyl (C=O) groups excluding carboxylic acids is 2. The van der Waals surface area contributed by atoms with Gasteiger partial charge in [-0.25, -0.2) is 4.79 Å². The number of esters is 1. The lowest BCUT2D eigenvalue weighted by atomic mass is 10.0. The molecule has 2 aromatic rings.